The Hall–Kier alpha value is 0.110. The molecule has 3 atom stereocenters. The highest BCUT2D eigenvalue weighted by Gasteiger charge is 2.24. The molecule has 0 radical (unpaired) electrons. The van der Waals surface area contributed by atoms with Crippen molar-refractivity contribution in [1.29, 1.82) is 0 Å². The molecule has 1 saturated carbocycles. The smallest absolute Gasteiger partial charge is 0.0472 e. The lowest BCUT2D eigenvalue weighted by Crippen LogP contribution is -2.39. The lowest BCUT2D eigenvalue weighted by Gasteiger charge is -2.22. The minimum absolute atomic E-state index is 0.292. The van der Waals surface area contributed by atoms with Gasteiger partial charge in [0.25, 0.3) is 0 Å². The first-order valence-corrected chi connectivity index (χ1v) is 7.61. The molecule has 0 spiro atoms. The fourth-order valence-corrected chi connectivity index (χ4v) is 4.31. The molecule has 1 fully saturated rings. The van der Waals surface area contributed by atoms with Gasteiger partial charge in [0, 0.05) is 27.8 Å². The summed E-state index contributed by atoms with van der Waals surface area (Å²) in [5, 5.41) is 3.56. The average molecular weight is 231 g/mol. The lowest BCUT2D eigenvalue weighted by molar-refractivity contribution is 0.523. The summed E-state index contributed by atoms with van der Waals surface area (Å²) in [6.45, 7) is 4.28. The van der Waals surface area contributed by atoms with Gasteiger partial charge in [-0.25, -0.2) is 0 Å². The Morgan fingerprint density at radius 2 is 2.00 bits per heavy atom. The minimum Gasteiger partial charge on any atom is -0.316 e. The normalized spacial score (nSPS) is 23.9. The highest BCUT2D eigenvalue weighted by Crippen LogP contribution is 2.26. The first-order valence-electron chi connectivity index (χ1n) is 6.23. The van der Waals surface area contributed by atoms with E-state index in [1.54, 1.807) is 0 Å². The second kappa shape index (κ2) is 6.64. The van der Waals surface area contributed by atoms with Crippen molar-refractivity contribution >= 4 is 10.8 Å². The molecule has 90 valence electrons. The maximum absolute atomic E-state index is 12.1. The van der Waals surface area contributed by atoms with E-state index in [-0.39, 0.29) is 0 Å². The largest absolute Gasteiger partial charge is 0.316 e. The molecule has 1 N–H and O–H groups in total. The molecule has 0 aliphatic heterocycles. The Kier molecular flexibility index (Phi) is 5.83. The topological polar surface area (TPSA) is 29.1 Å². The van der Waals surface area contributed by atoms with Gasteiger partial charge in [-0.1, -0.05) is 19.8 Å². The number of rotatable bonds is 6. The first-order chi connectivity index (χ1) is 7.19. The highest BCUT2D eigenvalue weighted by atomic mass is 32.2. The lowest BCUT2D eigenvalue weighted by atomic mass is 10.1. The molecule has 0 heterocycles. The zero-order valence-electron chi connectivity index (χ0n) is 10.3. The van der Waals surface area contributed by atoms with Gasteiger partial charge in [0.05, 0.1) is 0 Å². The van der Waals surface area contributed by atoms with Crippen LogP contribution in [-0.2, 0) is 10.8 Å². The zero-order valence-corrected chi connectivity index (χ0v) is 11.1. The molecular weight excluding hydrogens is 206 g/mol. The van der Waals surface area contributed by atoms with E-state index in [0.717, 1.165) is 18.1 Å². The standard InChI is InChI=1S/C12H25NOS/c1-4-12(13-3)10(2)15(14)9-11-7-5-6-8-11/h10-13H,4-9H2,1-3H3. The fraction of sp³-hybridized carbons (Fsp3) is 1.00. The van der Waals surface area contributed by atoms with E-state index in [1.165, 1.54) is 25.7 Å². The summed E-state index contributed by atoms with van der Waals surface area (Å²) in [5.41, 5.74) is 0. The molecule has 1 aliphatic carbocycles. The predicted molar refractivity (Wildman–Crippen MR) is 67.6 cm³/mol. The van der Waals surface area contributed by atoms with Crippen molar-refractivity contribution in [1.82, 2.24) is 5.32 Å². The van der Waals surface area contributed by atoms with Crippen LogP contribution < -0.4 is 5.32 Å². The van der Waals surface area contributed by atoms with Crippen LogP contribution in [0.4, 0.5) is 0 Å². The molecule has 0 bridgehead atoms. The number of hydrogen-bond donors (Lipinski definition) is 1. The van der Waals surface area contributed by atoms with Gasteiger partial charge in [-0.2, -0.15) is 0 Å². The summed E-state index contributed by atoms with van der Waals surface area (Å²) >= 11 is 0. The summed E-state index contributed by atoms with van der Waals surface area (Å²) in [7, 11) is 1.32. The van der Waals surface area contributed by atoms with Crippen molar-refractivity contribution in [2.45, 2.75) is 57.2 Å². The maximum atomic E-state index is 12.1. The zero-order chi connectivity index (χ0) is 11.3. The summed E-state index contributed by atoms with van der Waals surface area (Å²) < 4.78 is 12.1. The first kappa shape index (κ1) is 13.2. The van der Waals surface area contributed by atoms with Crippen LogP contribution in [0.15, 0.2) is 0 Å². The van der Waals surface area contributed by atoms with Crippen LogP contribution in [0.1, 0.15) is 46.0 Å². The van der Waals surface area contributed by atoms with Crippen LogP contribution in [0.5, 0.6) is 0 Å². The number of hydrogen-bond acceptors (Lipinski definition) is 2. The fourth-order valence-electron chi connectivity index (χ4n) is 2.52. The average Bonchev–Trinajstić information content (AvgIpc) is 2.72. The monoisotopic (exact) mass is 231 g/mol. The Bertz CT molecular complexity index is 198. The van der Waals surface area contributed by atoms with Gasteiger partial charge in [0.15, 0.2) is 0 Å². The van der Waals surface area contributed by atoms with Crippen molar-refractivity contribution in [3.8, 4) is 0 Å². The van der Waals surface area contributed by atoms with Crippen molar-refractivity contribution in [2.75, 3.05) is 12.8 Å². The maximum Gasteiger partial charge on any atom is 0.0472 e. The van der Waals surface area contributed by atoms with Gasteiger partial charge in [0.2, 0.25) is 0 Å². The summed E-state index contributed by atoms with van der Waals surface area (Å²) in [5.74, 6) is 1.67. The van der Waals surface area contributed by atoms with Gasteiger partial charge < -0.3 is 5.32 Å². The molecule has 0 aromatic heterocycles. The minimum atomic E-state index is -0.647. The molecule has 3 unspecified atom stereocenters. The molecule has 0 aromatic carbocycles. The van der Waals surface area contributed by atoms with Crippen molar-refractivity contribution in [3.63, 3.8) is 0 Å². The molecule has 3 heteroatoms. The quantitative estimate of drug-likeness (QED) is 0.760. The van der Waals surface area contributed by atoms with E-state index in [2.05, 4.69) is 19.2 Å². The molecule has 1 aliphatic rings. The van der Waals surface area contributed by atoms with E-state index >= 15 is 0 Å². The van der Waals surface area contributed by atoms with E-state index in [0.29, 0.717) is 11.3 Å². The van der Waals surface area contributed by atoms with Gasteiger partial charge in [-0.15, -0.1) is 0 Å². The molecule has 2 nitrogen and oxygen atoms in total. The Labute approximate surface area is 96.7 Å². The molecule has 15 heavy (non-hydrogen) atoms. The van der Waals surface area contributed by atoms with Crippen molar-refractivity contribution < 1.29 is 4.21 Å². The Morgan fingerprint density at radius 1 is 1.40 bits per heavy atom. The van der Waals surface area contributed by atoms with Gasteiger partial charge >= 0.3 is 0 Å². The second-order valence-electron chi connectivity index (χ2n) is 4.71. The van der Waals surface area contributed by atoms with Crippen molar-refractivity contribution in [3.05, 3.63) is 0 Å². The molecule has 0 amide bonds. The van der Waals surface area contributed by atoms with Crippen LogP contribution in [0.3, 0.4) is 0 Å². The van der Waals surface area contributed by atoms with E-state index in [1.807, 2.05) is 7.05 Å². The third-order valence-electron chi connectivity index (χ3n) is 3.67. The summed E-state index contributed by atoms with van der Waals surface area (Å²) in [6.07, 6.45) is 6.36. The van der Waals surface area contributed by atoms with E-state index in [4.69, 9.17) is 0 Å². The Balaban J connectivity index is 2.37. The SMILES string of the molecule is CCC(NC)C(C)S(=O)CC1CCCC1. The molecular formula is C12H25NOS. The second-order valence-corrected chi connectivity index (χ2v) is 6.54. The summed E-state index contributed by atoms with van der Waals surface area (Å²) in [6, 6.07) is 0.409. The van der Waals surface area contributed by atoms with Crippen LogP contribution in [0.2, 0.25) is 0 Å². The van der Waals surface area contributed by atoms with Gasteiger partial charge in [-0.05, 0) is 39.2 Å². The third kappa shape index (κ3) is 3.87. The predicted octanol–water partition coefficient (Wildman–Crippen LogP) is 2.31. The van der Waals surface area contributed by atoms with Crippen LogP contribution in [-0.4, -0.2) is 28.3 Å². The van der Waals surface area contributed by atoms with Crippen molar-refractivity contribution in [2.24, 2.45) is 5.92 Å². The summed E-state index contributed by atoms with van der Waals surface area (Å²) in [4.78, 5) is 0. The van der Waals surface area contributed by atoms with Gasteiger partial charge in [-0.3, -0.25) is 4.21 Å². The molecule has 0 saturated heterocycles. The number of nitrogens with one attached hydrogen (secondary N) is 1. The van der Waals surface area contributed by atoms with Crippen LogP contribution in [0, 0.1) is 5.92 Å². The third-order valence-corrected chi connectivity index (χ3v) is 5.62. The molecule has 1 rings (SSSR count). The van der Waals surface area contributed by atoms with E-state index in [9.17, 15) is 4.21 Å². The van der Waals surface area contributed by atoms with Crippen LogP contribution in [0.25, 0.3) is 0 Å². The van der Waals surface area contributed by atoms with Gasteiger partial charge in [0.1, 0.15) is 0 Å². The highest BCUT2D eigenvalue weighted by molar-refractivity contribution is 7.85. The van der Waals surface area contributed by atoms with Crippen LogP contribution >= 0.6 is 0 Å². The Morgan fingerprint density at radius 3 is 2.47 bits per heavy atom. The molecule has 0 aromatic rings. The van der Waals surface area contributed by atoms with E-state index < -0.39 is 10.8 Å².